The molecule has 0 atom stereocenters. The molecule has 0 aliphatic carbocycles. The quantitative estimate of drug-likeness (QED) is 0.148. The van der Waals surface area contributed by atoms with Crippen LogP contribution >= 0.6 is 15.9 Å². The molecule has 0 amide bonds. The van der Waals surface area contributed by atoms with Crippen molar-refractivity contribution in [3.63, 3.8) is 0 Å². The monoisotopic (exact) mass is 803 g/mol. The minimum Gasteiger partial charge on any atom is -0.309 e. The van der Waals surface area contributed by atoms with E-state index in [0.29, 0.717) is 0 Å². The van der Waals surface area contributed by atoms with E-state index < -0.39 is 0 Å². The molecular weight excluding hydrogens is 767 g/mol. The Morgan fingerprint density at radius 3 is 1.17 bits per heavy atom. The summed E-state index contributed by atoms with van der Waals surface area (Å²) in [5.74, 6) is 0. The zero-order valence-corrected chi connectivity index (χ0v) is 33.4. The van der Waals surface area contributed by atoms with Crippen LogP contribution in [0.15, 0.2) is 235 Å². The number of benzene rings is 10. The molecule has 0 aromatic heterocycles. The Hall–Kier alpha value is -7.00. The normalized spacial score (nSPS) is 11.2. The van der Waals surface area contributed by atoms with Gasteiger partial charge in [-0.1, -0.05) is 188 Å². The van der Waals surface area contributed by atoms with Crippen molar-refractivity contribution in [2.24, 2.45) is 0 Å². The van der Waals surface area contributed by atoms with Gasteiger partial charge in [-0.2, -0.15) is 0 Å². The van der Waals surface area contributed by atoms with Crippen molar-refractivity contribution >= 4 is 54.5 Å². The van der Waals surface area contributed by atoms with Gasteiger partial charge in [0, 0.05) is 16.9 Å². The van der Waals surface area contributed by atoms with Crippen LogP contribution in [0.3, 0.4) is 0 Å². The average Bonchev–Trinajstić information content (AvgIpc) is 3.30. The van der Waals surface area contributed by atoms with Gasteiger partial charge in [-0.25, -0.2) is 0 Å². The lowest BCUT2D eigenvalue weighted by Crippen LogP contribution is -2.11. The SMILES string of the molecule is Brc1c(N(c2ccc(-c3ccccc3)cc2)c2ccc(-c3ccc4ccccc4c3)cc2)ccc(-c2ccccc2)c1-c1ccc(-c2ccc3ccccc3c2)cc1. The summed E-state index contributed by atoms with van der Waals surface area (Å²) in [7, 11) is 0. The summed E-state index contributed by atoms with van der Waals surface area (Å²) < 4.78 is 1.03. The zero-order chi connectivity index (χ0) is 38.8. The maximum atomic E-state index is 4.24. The lowest BCUT2D eigenvalue weighted by atomic mass is 9.92. The molecule has 58 heavy (non-hydrogen) atoms. The molecule has 0 saturated heterocycles. The summed E-state index contributed by atoms with van der Waals surface area (Å²) >= 11 is 4.24. The van der Waals surface area contributed by atoms with Crippen molar-refractivity contribution in [1.29, 1.82) is 0 Å². The minimum atomic E-state index is 1.03. The van der Waals surface area contributed by atoms with Gasteiger partial charge in [0.1, 0.15) is 0 Å². The predicted molar refractivity (Wildman–Crippen MR) is 251 cm³/mol. The van der Waals surface area contributed by atoms with Gasteiger partial charge < -0.3 is 4.90 Å². The summed E-state index contributed by atoms with van der Waals surface area (Å²) in [4.78, 5) is 2.37. The smallest absolute Gasteiger partial charge is 0.0610 e. The molecule has 0 unspecified atom stereocenters. The first-order chi connectivity index (χ1) is 28.7. The summed E-state index contributed by atoms with van der Waals surface area (Å²) in [6.07, 6.45) is 0. The zero-order valence-electron chi connectivity index (χ0n) is 31.8. The minimum absolute atomic E-state index is 1.03. The van der Waals surface area contributed by atoms with Crippen LogP contribution in [0.25, 0.3) is 77.2 Å². The number of fused-ring (bicyclic) bond motifs is 2. The van der Waals surface area contributed by atoms with Gasteiger partial charge in [0.15, 0.2) is 0 Å². The van der Waals surface area contributed by atoms with Crippen molar-refractivity contribution in [3.8, 4) is 55.6 Å². The van der Waals surface area contributed by atoms with Crippen LogP contribution in [0.5, 0.6) is 0 Å². The standard InChI is InChI=1S/C56H38BrN/c57-56-54(36-35-53(45-15-5-2-6-16-45)55(56)46-23-19-43(20-24-46)49-25-21-40-13-7-9-17-47(40)37-49)58(51-31-27-42(28-32-51)39-11-3-1-4-12-39)52-33-29-44(30-34-52)50-26-22-41-14-8-10-18-48(41)38-50/h1-38H. The molecular formula is C56H38BrN. The molecule has 0 bridgehead atoms. The fourth-order valence-corrected chi connectivity index (χ4v) is 8.86. The van der Waals surface area contributed by atoms with E-state index in [4.69, 9.17) is 0 Å². The number of hydrogen-bond acceptors (Lipinski definition) is 1. The number of anilines is 3. The third kappa shape index (κ3) is 6.89. The Bertz CT molecular complexity index is 3030. The van der Waals surface area contributed by atoms with Crippen molar-refractivity contribution < 1.29 is 0 Å². The highest BCUT2D eigenvalue weighted by atomic mass is 79.9. The highest BCUT2D eigenvalue weighted by Crippen LogP contribution is 2.48. The first-order valence-electron chi connectivity index (χ1n) is 19.7. The average molecular weight is 805 g/mol. The Balaban J connectivity index is 1.10. The number of halogens is 1. The van der Waals surface area contributed by atoms with E-state index in [1.807, 2.05) is 0 Å². The molecule has 0 heterocycles. The fourth-order valence-electron chi connectivity index (χ4n) is 8.11. The molecule has 0 aliphatic heterocycles. The molecule has 10 aromatic rings. The molecule has 2 heteroatoms. The lowest BCUT2D eigenvalue weighted by molar-refractivity contribution is 1.27. The third-order valence-electron chi connectivity index (χ3n) is 11.1. The Kier molecular flexibility index (Phi) is 9.47. The molecule has 0 N–H and O–H groups in total. The molecule has 0 aliphatic rings. The second kappa shape index (κ2) is 15.5. The van der Waals surface area contributed by atoms with Gasteiger partial charge >= 0.3 is 0 Å². The molecule has 10 rings (SSSR count). The molecule has 0 saturated carbocycles. The van der Waals surface area contributed by atoms with Gasteiger partial charge in [0.25, 0.3) is 0 Å². The molecule has 0 spiro atoms. The van der Waals surface area contributed by atoms with Gasteiger partial charge in [0.05, 0.1) is 10.2 Å². The number of hydrogen-bond donors (Lipinski definition) is 0. The van der Waals surface area contributed by atoms with E-state index in [2.05, 4.69) is 251 Å². The maximum Gasteiger partial charge on any atom is 0.0610 e. The van der Waals surface area contributed by atoms with E-state index in [-0.39, 0.29) is 0 Å². The molecule has 0 fully saturated rings. The summed E-state index contributed by atoms with van der Waals surface area (Å²) in [5, 5.41) is 4.98. The first-order valence-corrected chi connectivity index (χ1v) is 20.5. The van der Waals surface area contributed by atoms with Gasteiger partial charge in [-0.3, -0.25) is 0 Å². The maximum absolute atomic E-state index is 4.24. The lowest BCUT2D eigenvalue weighted by Gasteiger charge is -2.29. The van der Waals surface area contributed by atoms with E-state index in [0.717, 1.165) is 32.7 Å². The summed E-state index contributed by atoms with van der Waals surface area (Å²) in [6, 6.07) is 83.2. The van der Waals surface area contributed by atoms with Crippen molar-refractivity contribution in [1.82, 2.24) is 0 Å². The Labute approximate surface area is 348 Å². The van der Waals surface area contributed by atoms with Crippen LogP contribution in [0.1, 0.15) is 0 Å². The number of rotatable bonds is 8. The fraction of sp³-hybridized carbons (Fsp3) is 0. The highest BCUT2D eigenvalue weighted by Gasteiger charge is 2.22. The van der Waals surface area contributed by atoms with Gasteiger partial charge in [0.2, 0.25) is 0 Å². The topological polar surface area (TPSA) is 3.24 Å². The van der Waals surface area contributed by atoms with Crippen LogP contribution in [0, 0.1) is 0 Å². The third-order valence-corrected chi connectivity index (χ3v) is 11.9. The van der Waals surface area contributed by atoms with Crippen molar-refractivity contribution in [3.05, 3.63) is 235 Å². The first kappa shape index (κ1) is 35.4. The van der Waals surface area contributed by atoms with E-state index in [1.54, 1.807) is 0 Å². The van der Waals surface area contributed by atoms with Crippen LogP contribution in [0.4, 0.5) is 17.1 Å². The predicted octanol–water partition coefficient (Wildman–Crippen LogP) is 16.6. The largest absolute Gasteiger partial charge is 0.309 e. The summed E-state index contributed by atoms with van der Waals surface area (Å²) in [6.45, 7) is 0. The van der Waals surface area contributed by atoms with E-state index >= 15 is 0 Å². The van der Waals surface area contributed by atoms with E-state index in [9.17, 15) is 0 Å². The van der Waals surface area contributed by atoms with Crippen molar-refractivity contribution in [2.75, 3.05) is 4.90 Å². The second-order valence-corrected chi connectivity index (χ2v) is 15.5. The van der Waals surface area contributed by atoms with Gasteiger partial charge in [-0.05, 0) is 130 Å². The Morgan fingerprint density at radius 2 is 0.655 bits per heavy atom. The highest BCUT2D eigenvalue weighted by molar-refractivity contribution is 9.10. The van der Waals surface area contributed by atoms with Crippen molar-refractivity contribution in [2.45, 2.75) is 0 Å². The van der Waals surface area contributed by atoms with Gasteiger partial charge in [-0.15, -0.1) is 0 Å². The molecule has 10 aromatic carbocycles. The van der Waals surface area contributed by atoms with Crippen LogP contribution in [-0.2, 0) is 0 Å². The van der Waals surface area contributed by atoms with Crippen LogP contribution < -0.4 is 4.90 Å². The molecule has 274 valence electrons. The Morgan fingerprint density at radius 1 is 0.276 bits per heavy atom. The summed E-state index contributed by atoms with van der Waals surface area (Å²) in [5.41, 5.74) is 15.0. The van der Waals surface area contributed by atoms with Crippen LogP contribution in [0.2, 0.25) is 0 Å². The number of nitrogens with zero attached hydrogens (tertiary/aromatic N) is 1. The van der Waals surface area contributed by atoms with E-state index in [1.165, 1.54) is 66.1 Å². The second-order valence-electron chi connectivity index (χ2n) is 14.7. The molecule has 0 radical (unpaired) electrons. The van der Waals surface area contributed by atoms with Crippen LogP contribution in [-0.4, -0.2) is 0 Å². The molecule has 1 nitrogen and oxygen atoms in total.